The topological polar surface area (TPSA) is 37.8 Å². The van der Waals surface area contributed by atoms with Crippen molar-refractivity contribution >= 4 is 17.4 Å². The van der Waals surface area contributed by atoms with Crippen LogP contribution in [0, 0.1) is 12.3 Å². The van der Waals surface area contributed by atoms with Gasteiger partial charge in [0.1, 0.15) is 16.8 Å². The number of halogens is 1. The molecule has 0 spiro atoms. The molecule has 0 radical (unpaired) electrons. The van der Waals surface area contributed by atoms with E-state index in [1.54, 1.807) is 6.07 Å². The van der Waals surface area contributed by atoms with Gasteiger partial charge in [0.05, 0.1) is 6.04 Å². The number of rotatable bonds is 3. The highest BCUT2D eigenvalue weighted by atomic mass is 35.5. The summed E-state index contributed by atoms with van der Waals surface area (Å²) >= 11 is 5.98. The third-order valence-electron chi connectivity index (χ3n) is 2.30. The number of nitrogens with zero attached hydrogens (tertiary/aromatic N) is 2. The van der Waals surface area contributed by atoms with Crippen LogP contribution in [0.1, 0.15) is 39.9 Å². The molecule has 1 unspecified atom stereocenters. The molecular weight excluding hydrogens is 234 g/mol. The van der Waals surface area contributed by atoms with Gasteiger partial charge in [-0.3, -0.25) is 0 Å². The van der Waals surface area contributed by atoms with E-state index >= 15 is 0 Å². The zero-order valence-electron chi connectivity index (χ0n) is 10.7. The minimum absolute atomic E-state index is 0.0335. The number of aromatic nitrogens is 2. The lowest BCUT2D eigenvalue weighted by molar-refractivity contribution is 0.545. The van der Waals surface area contributed by atoms with Gasteiger partial charge in [-0.1, -0.05) is 45.2 Å². The Balaban J connectivity index is 3.03. The van der Waals surface area contributed by atoms with Crippen LogP contribution in [0.25, 0.3) is 0 Å². The van der Waals surface area contributed by atoms with Crippen molar-refractivity contribution in [2.75, 3.05) is 5.32 Å². The van der Waals surface area contributed by atoms with Crippen molar-refractivity contribution < 1.29 is 0 Å². The number of nitrogens with one attached hydrogen (secondary N) is 1. The van der Waals surface area contributed by atoms with Crippen LogP contribution in [0.3, 0.4) is 0 Å². The molecule has 1 atom stereocenters. The molecule has 0 aliphatic rings. The Hall–Kier alpha value is -1.27. The van der Waals surface area contributed by atoms with E-state index in [4.69, 9.17) is 18.0 Å². The summed E-state index contributed by atoms with van der Waals surface area (Å²) in [5.41, 5.74) is -0.140. The zero-order valence-corrected chi connectivity index (χ0v) is 11.5. The molecule has 0 saturated heterocycles. The van der Waals surface area contributed by atoms with E-state index in [9.17, 15) is 0 Å². The Morgan fingerprint density at radius 3 is 2.59 bits per heavy atom. The van der Waals surface area contributed by atoms with Crippen molar-refractivity contribution in [3.63, 3.8) is 0 Å². The Kier molecular flexibility index (Phi) is 4.36. The van der Waals surface area contributed by atoms with Gasteiger partial charge in [0, 0.05) is 11.5 Å². The van der Waals surface area contributed by atoms with Gasteiger partial charge in [0.2, 0.25) is 0 Å². The van der Waals surface area contributed by atoms with Crippen LogP contribution in [-0.2, 0) is 5.41 Å². The molecule has 4 heteroatoms. The van der Waals surface area contributed by atoms with Gasteiger partial charge < -0.3 is 5.32 Å². The molecule has 92 valence electrons. The molecule has 1 aromatic rings. The van der Waals surface area contributed by atoms with Gasteiger partial charge in [0.15, 0.2) is 0 Å². The van der Waals surface area contributed by atoms with Crippen LogP contribution in [0.4, 0.5) is 5.82 Å². The van der Waals surface area contributed by atoms with Gasteiger partial charge >= 0.3 is 0 Å². The van der Waals surface area contributed by atoms with E-state index in [-0.39, 0.29) is 11.5 Å². The predicted molar refractivity (Wildman–Crippen MR) is 72.3 cm³/mol. The summed E-state index contributed by atoms with van der Waals surface area (Å²) in [6.07, 6.45) is 6.24. The molecule has 1 aromatic heterocycles. The van der Waals surface area contributed by atoms with Crippen molar-refractivity contribution in [2.45, 2.75) is 45.6 Å². The Morgan fingerprint density at radius 2 is 2.12 bits per heavy atom. The van der Waals surface area contributed by atoms with Crippen LogP contribution < -0.4 is 5.32 Å². The van der Waals surface area contributed by atoms with Crippen molar-refractivity contribution in [2.24, 2.45) is 0 Å². The zero-order chi connectivity index (χ0) is 13.1. The largest absolute Gasteiger partial charge is 0.356 e. The second-order valence-electron chi connectivity index (χ2n) is 4.92. The minimum atomic E-state index is -0.140. The van der Waals surface area contributed by atoms with Crippen LogP contribution in [-0.4, -0.2) is 16.0 Å². The number of anilines is 1. The summed E-state index contributed by atoms with van der Waals surface area (Å²) in [6, 6.07) is 1.66. The summed E-state index contributed by atoms with van der Waals surface area (Å²) in [5.74, 6) is 4.05. The highest BCUT2D eigenvalue weighted by Gasteiger charge is 2.19. The predicted octanol–water partition coefficient (Wildman–Crippen LogP) is 3.25. The Morgan fingerprint density at radius 1 is 1.47 bits per heavy atom. The normalized spacial score (nSPS) is 12.9. The van der Waals surface area contributed by atoms with Crippen molar-refractivity contribution in [3.05, 3.63) is 17.0 Å². The summed E-state index contributed by atoms with van der Waals surface area (Å²) in [6.45, 7) is 8.15. The fraction of sp³-hybridized carbons (Fsp3) is 0.538. The van der Waals surface area contributed by atoms with E-state index in [0.717, 1.165) is 6.42 Å². The van der Waals surface area contributed by atoms with Crippen molar-refractivity contribution in [1.82, 2.24) is 9.97 Å². The molecule has 0 bridgehead atoms. The van der Waals surface area contributed by atoms with Gasteiger partial charge in [-0.2, -0.15) is 0 Å². The summed E-state index contributed by atoms with van der Waals surface area (Å²) in [4.78, 5) is 8.67. The van der Waals surface area contributed by atoms with E-state index in [0.29, 0.717) is 16.8 Å². The maximum atomic E-state index is 5.98. The van der Waals surface area contributed by atoms with E-state index in [1.165, 1.54) is 0 Å². The molecule has 1 rings (SSSR count). The SMILES string of the molecule is C#CC(CC)Nc1cc(Cl)nc(C(C)(C)C)n1. The lowest BCUT2D eigenvalue weighted by atomic mass is 9.96. The van der Waals surface area contributed by atoms with E-state index in [2.05, 4.69) is 21.2 Å². The molecule has 0 amide bonds. The third kappa shape index (κ3) is 3.90. The molecular formula is C13H18ClN3. The van der Waals surface area contributed by atoms with Crippen LogP contribution in [0.5, 0.6) is 0 Å². The van der Waals surface area contributed by atoms with Gasteiger partial charge in [0.25, 0.3) is 0 Å². The fourth-order valence-corrected chi connectivity index (χ4v) is 1.45. The lowest BCUT2D eigenvalue weighted by Crippen LogP contribution is -2.20. The van der Waals surface area contributed by atoms with Gasteiger partial charge in [-0.25, -0.2) is 9.97 Å². The average Bonchev–Trinajstić information content (AvgIpc) is 2.24. The summed E-state index contributed by atoms with van der Waals surface area (Å²) in [5, 5.41) is 3.59. The molecule has 0 aromatic carbocycles. The molecule has 0 aliphatic carbocycles. The first-order valence-corrected chi connectivity index (χ1v) is 6.02. The maximum Gasteiger partial charge on any atom is 0.137 e. The smallest absolute Gasteiger partial charge is 0.137 e. The standard InChI is InChI=1S/C13H18ClN3/c1-6-9(7-2)15-11-8-10(14)16-12(17-11)13(3,4)5/h1,8-9H,7H2,2-5H3,(H,15,16,17). The number of hydrogen-bond donors (Lipinski definition) is 1. The average molecular weight is 252 g/mol. The molecule has 1 heterocycles. The van der Waals surface area contributed by atoms with Crippen LogP contribution >= 0.6 is 11.6 Å². The minimum Gasteiger partial charge on any atom is -0.356 e. The molecule has 17 heavy (non-hydrogen) atoms. The third-order valence-corrected chi connectivity index (χ3v) is 2.49. The Bertz CT molecular complexity index is 429. The highest BCUT2D eigenvalue weighted by molar-refractivity contribution is 6.29. The molecule has 1 N–H and O–H groups in total. The first-order valence-electron chi connectivity index (χ1n) is 5.64. The highest BCUT2D eigenvalue weighted by Crippen LogP contribution is 2.22. The second kappa shape index (κ2) is 5.37. The maximum absolute atomic E-state index is 5.98. The second-order valence-corrected chi connectivity index (χ2v) is 5.31. The first-order chi connectivity index (χ1) is 7.86. The Labute approximate surface area is 108 Å². The van der Waals surface area contributed by atoms with Crippen molar-refractivity contribution in [1.29, 1.82) is 0 Å². The van der Waals surface area contributed by atoms with Gasteiger partial charge in [-0.05, 0) is 6.42 Å². The monoisotopic (exact) mass is 251 g/mol. The quantitative estimate of drug-likeness (QED) is 0.662. The number of terminal acetylenes is 1. The summed E-state index contributed by atoms with van der Waals surface area (Å²) in [7, 11) is 0. The molecule has 3 nitrogen and oxygen atoms in total. The summed E-state index contributed by atoms with van der Waals surface area (Å²) < 4.78 is 0. The van der Waals surface area contributed by atoms with Crippen molar-refractivity contribution in [3.8, 4) is 12.3 Å². The van der Waals surface area contributed by atoms with E-state index in [1.807, 2.05) is 27.7 Å². The molecule has 0 fully saturated rings. The lowest BCUT2D eigenvalue weighted by Gasteiger charge is -2.19. The van der Waals surface area contributed by atoms with E-state index < -0.39 is 0 Å². The van der Waals surface area contributed by atoms with Gasteiger partial charge in [-0.15, -0.1) is 6.42 Å². The molecule has 0 aliphatic heterocycles. The first kappa shape index (κ1) is 13.8. The van der Waals surface area contributed by atoms with Crippen LogP contribution in [0.2, 0.25) is 5.15 Å². The van der Waals surface area contributed by atoms with Crippen LogP contribution in [0.15, 0.2) is 6.07 Å². The number of hydrogen-bond acceptors (Lipinski definition) is 3. The fourth-order valence-electron chi connectivity index (χ4n) is 1.27. The molecule has 0 saturated carbocycles.